The van der Waals surface area contributed by atoms with Crippen molar-refractivity contribution in [3.63, 3.8) is 0 Å². The SMILES string of the molecule is NCC1(CNC(=O)c2cc(F)cc3c(=O)c4cc(F)ccc4[nH]c23)CC1. The first-order valence-corrected chi connectivity index (χ1v) is 8.35. The first-order chi connectivity index (χ1) is 12.4. The van der Waals surface area contributed by atoms with E-state index in [1.807, 2.05) is 0 Å². The molecule has 4 N–H and O–H groups in total. The Bertz CT molecular complexity index is 1100. The normalized spacial score (nSPS) is 15.3. The second-order valence-corrected chi connectivity index (χ2v) is 6.91. The van der Waals surface area contributed by atoms with Crippen LogP contribution < -0.4 is 16.5 Å². The molecule has 0 bridgehead atoms. The van der Waals surface area contributed by atoms with E-state index in [2.05, 4.69) is 10.3 Å². The molecule has 0 atom stereocenters. The number of rotatable bonds is 4. The molecular formula is C19H17F2N3O2. The van der Waals surface area contributed by atoms with Crippen molar-refractivity contribution in [2.75, 3.05) is 13.1 Å². The van der Waals surface area contributed by atoms with Gasteiger partial charge in [-0.05, 0) is 49.7 Å². The van der Waals surface area contributed by atoms with E-state index in [9.17, 15) is 18.4 Å². The third kappa shape index (κ3) is 2.74. The summed E-state index contributed by atoms with van der Waals surface area (Å²) in [5, 5.41) is 2.89. The van der Waals surface area contributed by atoms with Crippen molar-refractivity contribution < 1.29 is 13.6 Å². The standard InChI is InChI=1S/C19H17F2N3O2/c20-10-1-2-15-12(5-10)17(25)13-6-11(21)7-14(16(13)24-15)18(26)23-9-19(8-22)3-4-19/h1-2,5-7H,3-4,8-9,22H2,(H,23,26)(H,24,25). The number of amides is 1. The molecule has 134 valence electrons. The van der Waals surface area contributed by atoms with Gasteiger partial charge in [0, 0.05) is 28.2 Å². The van der Waals surface area contributed by atoms with Gasteiger partial charge in [0.15, 0.2) is 5.43 Å². The molecule has 0 saturated heterocycles. The van der Waals surface area contributed by atoms with Crippen LogP contribution in [0.4, 0.5) is 8.78 Å². The Morgan fingerprint density at radius 3 is 2.58 bits per heavy atom. The lowest BCUT2D eigenvalue weighted by Gasteiger charge is -2.14. The summed E-state index contributed by atoms with van der Waals surface area (Å²) in [7, 11) is 0. The van der Waals surface area contributed by atoms with E-state index in [-0.39, 0.29) is 27.3 Å². The summed E-state index contributed by atoms with van der Waals surface area (Å²) >= 11 is 0. The van der Waals surface area contributed by atoms with Crippen LogP contribution in [0.2, 0.25) is 0 Å². The number of carbonyl (C=O) groups excluding carboxylic acids is 1. The Morgan fingerprint density at radius 2 is 1.88 bits per heavy atom. The van der Waals surface area contributed by atoms with Crippen molar-refractivity contribution >= 4 is 27.7 Å². The monoisotopic (exact) mass is 357 g/mol. The van der Waals surface area contributed by atoms with Crippen LogP contribution in [-0.2, 0) is 0 Å². The van der Waals surface area contributed by atoms with Gasteiger partial charge in [0.25, 0.3) is 5.91 Å². The zero-order valence-corrected chi connectivity index (χ0v) is 13.9. The lowest BCUT2D eigenvalue weighted by Crippen LogP contribution is -2.34. The number of aromatic amines is 1. The number of nitrogens with one attached hydrogen (secondary N) is 2. The third-order valence-corrected chi connectivity index (χ3v) is 5.09. The molecule has 26 heavy (non-hydrogen) atoms. The molecule has 0 aliphatic heterocycles. The highest BCUT2D eigenvalue weighted by Crippen LogP contribution is 2.43. The minimum Gasteiger partial charge on any atom is -0.354 e. The number of nitrogens with two attached hydrogens (primary N) is 1. The van der Waals surface area contributed by atoms with Gasteiger partial charge in [-0.25, -0.2) is 8.78 Å². The fourth-order valence-electron chi connectivity index (χ4n) is 3.19. The predicted molar refractivity (Wildman–Crippen MR) is 95.0 cm³/mol. The quantitative estimate of drug-likeness (QED) is 0.627. The maximum Gasteiger partial charge on any atom is 0.253 e. The van der Waals surface area contributed by atoms with Gasteiger partial charge >= 0.3 is 0 Å². The number of carbonyl (C=O) groups is 1. The number of halogens is 2. The lowest BCUT2D eigenvalue weighted by atomic mass is 10.0. The van der Waals surface area contributed by atoms with E-state index in [1.54, 1.807) is 0 Å². The number of hydrogen-bond donors (Lipinski definition) is 3. The lowest BCUT2D eigenvalue weighted by molar-refractivity contribution is 0.0946. The van der Waals surface area contributed by atoms with Gasteiger partial charge in [-0.2, -0.15) is 0 Å². The van der Waals surface area contributed by atoms with Gasteiger partial charge in [0.1, 0.15) is 11.6 Å². The Morgan fingerprint density at radius 1 is 1.15 bits per heavy atom. The van der Waals surface area contributed by atoms with Crippen LogP contribution in [0.15, 0.2) is 35.1 Å². The minimum absolute atomic E-state index is 0.00760. The molecule has 1 fully saturated rings. The molecule has 1 saturated carbocycles. The maximum absolute atomic E-state index is 14.0. The van der Waals surface area contributed by atoms with Gasteiger partial charge < -0.3 is 16.0 Å². The van der Waals surface area contributed by atoms with E-state index in [0.717, 1.165) is 31.0 Å². The fraction of sp³-hybridized carbons (Fsp3) is 0.263. The molecule has 4 rings (SSSR count). The average Bonchev–Trinajstić information content (AvgIpc) is 3.41. The van der Waals surface area contributed by atoms with Gasteiger partial charge in [-0.1, -0.05) is 0 Å². The van der Waals surface area contributed by atoms with Crippen LogP contribution >= 0.6 is 0 Å². The fourth-order valence-corrected chi connectivity index (χ4v) is 3.19. The molecule has 2 aromatic carbocycles. The molecule has 1 heterocycles. The van der Waals surface area contributed by atoms with Crippen molar-refractivity contribution in [2.24, 2.45) is 11.1 Å². The Balaban J connectivity index is 1.84. The van der Waals surface area contributed by atoms with Crippen LogP contribution in [0.3, 0.4) is 0 Å². The number of aromatic nitrogens is 1. The second kappa shape index (κ2) is 5.88. The molecule has 0 radical (unpaired) electrons. The molecule has 5 nitrogen and oxygen atoms in total. The van der Waals surface area contributed by atoms with E-state index in [0.29, 0.717) is 18.6 Å². The van der Waals surface area contributed by atoms with Crippen molar-refractivity contribution in [1.82, 2.24) is 10.3 Å². The molecule has 7 heteroatoms. The summed E-state index contributed by atoms with van der Waals surface area (Å²) in [6.45, 7) is 0.883. The Kier molecular flexibility index (Phi) is 3.77. The van der Waals surface area contributed by atoms with Crippen molar-refractivity contribution in [3.05, 3.63) is 57.8 Å². The topological polar surface area (TPSA) is 88.0 Å². The highest BCUT2D eigenvalue weighted by molar-refractivity contribution is 6.07. The van der Waals surface area contributed by atoms with Crippen LogP contribution in [-0.4, -0.2) is 24.0 Å². The van der Waals surface area contributed by atoms with Crippen LogP contribution in [0.1, 0.15) is 23.2 Å². The summed E-state index contributed by atoms with van der Waals surface area (Å²) in [6.07, 6.45) is 1.89. The van der Waals surface area contributed by atoms with Crippen LogP contribution in [0.25, 0.3) is 21.8 Å². The Labute approximate surface area is 147 Å². The summed E-state index contributed by atoms with van der Waals surface area (Å²) in [6, 6.07) is 5.87. The van der Waals surface area contributed by atoms with E-state index < -0.39 is 23.0 Å². The average molecular weight is 357 g/mol. The molecule has 1 aliphatic carbocycles. The largest absolute Gasteiger partial charge is 0.354 e. The molecule has 0 spiro atoms. The van der Waals surface area contributed by atoms with Crippen LogP contribution in [0, 0.1) is 17.0 Å². The Hall–Kier alpha value is -2.80. The highest BCUT2D eigenvalue weighted by Gasteiger charge is 2.41. The summed E-state index contributed by atoms with van der Waals surface area (Å²) in [4.78, 5) is 28.2. The third-order valence-electron chi connectivity index (χ3n) is 5.09. The molecule has 1 aromatic heterocycles. The van der Waals surface area contributed by atoms with Gasteiger partial charge in [-0.15, -0.1) is 0 Å². The molecule has 1 aliphatic rings. The van der Waals surface area contributed by atoms with Gasteiger partial charge in [0.05, 0.1) is 11.1 Å². The molecule has 3 aromatic rings. The van der Waals surface area contributed by atoms with E-state index in [1.165, 1.54) is 12.1 Å². The smallest absolute Gasteiger partial charge is 0.253 e. The number of H-pyrrole nitrogens is 1. The van der Waals surface area contributed by atoms with Crippen molar-refractivity contribution in [1.29, 1.82) is 0 Å². The molecule has 0 unspecified atom stereocenters. The van der Waals surface area contributed by atoms with Crippen molar-refractivity contribution in [2.45, 2.75) is 12.8 Å². The number of pyridine rings is 1. The molecular weight excluding hydrogens is 340 g/mol. The number of benzene rings is 2. The number of hydrogen-bond acceptors (Lipinski definition) is 3. The zero-order valence-electron chi connectivity index (χ0n) is 13.9. The van der Waals surface area contributed by atoms with E-state index in [4.69, 9.17) is 5.73 Å². The van der Waals surface area contributed by atoms with Crippen LogP contribution in [0.5, 0.6) is 0 Å². The zero-order chi connectivity index (χ0) is 18.5. The summed E-state index contributed by atoms with van der Waals surface area (Å²) in [5.74, 6) is -1.75. The first kappa shape index (κ1) is 16.7. The van der Waals surface area contributed by atoms with Gasteiger partial charge in [0.2, 0.25) is 0 Å². The van der Waals surface area contributed by atoms with Gasteiger partial charge in [-0.3, -0.25) is 9.59 Å². The van der Waals surface area contributed by atoms with E-state index >= 15 is 0 Å². The minimum atomic E-state index is -0.705. The number of fused-ring (bicyclic) bond motifs is 2. The van der Waals surface area contributed by atoms with Crippen molar-refractivity contribution in [3.8, 4) is 0 Å². The maximum atomic E-state index is 14.0. The second-order valence-electron chi connectivity index (χ2n) is 6.91. The first-order valence-electron chi connectivity index (χ1n) is 8.35. The highest BCUT2D eigenvalue weighted by atomic mass is 19.1. The summed E-state index contributed by atoms with van der Waals surface area (Å²) in [5.41, 5.74) is 5.76. The predicted octanol–water partition coefficient (Wildman–Crippen LogP) is 2.43. The molecule has 1 amide bonds. The summed E-state index contributed by atoms with van der Waals surface area (Å²) < 4.78 is 27.5.